The zero-order chi connectivity index (χ0) is 15.0. The van der Waals surface area contributed by atoms with Gasteiger partial charge in [-0.05, 0) is 42.7 Å². The van der Waals surface area contributed by atoms with Gasteiger partial charge in [-0.2, -0.15) is 0 Å². The molecule has 2 aromatic rings. The number of para-hydroxylation sites is 1. The summed E-state index contributed by atoms with van der Waals surface area (Å²) in [6.45, 7) is 0.527. The van der Waals surface area contributed by atoms with E-state index in [0.29, 0.717) is 16.7 Å². The first-order valence-corrected chi connectivity index (χ1v) is 7.48. The van der Waals surface area contributed by atoms with Gasteiger partial charge < -0.3 is 15.1 Å². The molecule has 0 atom stereocenters. The molecule has 5 heteroatoms. The van der Waals surface area contributed by atoms with Crippen LogP contribution in [0.15, 0.2) is 40.9 Å². The molecule has 1 heterocycles. The van der Waals surface area contributed by atoms with Gasteiger partial charge in [0, 0.05) is 11.0 Å². The number of phenolic OH excluding ortho intramolecular Hbond substituents is 2. The number of carbonyl (C=O) groups is 1. The van der Waals surface area contributed by atoms with Crippen molar-refractivity contribution in [1.29, 1.82) is 0 Å². The fourth-order valence-electron chi connectivity index (χ4n) is 2.66. The lowest BCUT2D eigenvalue weighted by Gasteiger charge is -2.30. The summed E-state index contributed by atoms with van der Waals surface area (Å²) in [5, 5.41) is 20.0. The van der Waals surface area contributed by atoms with Crippen molar-refractivity contribution < 1.29 is 15.0 Å². The lowest BCUT2D eigenvalue weighted by atomic mass is 10.00. The Balaban J connectivity index is 2.04. The van der Waals surface area contributed by atoms with E-state index in [1.54, 1.807) is 24.3 Å². The normalized spacial score (nSPS) is 13.9. The van der Waals surface area contributed by atoms with Crippen LogP contribution < -0.4 is 4.90 Å². The van der Waals surface area contributed by atoms with Crippen LogP contribution in [0.2, 0.25) is 0 Å². The summed E-state index contributed by atoms with van der Waals surface area (Å²) >= 11 is 3.25. The van der Waals surface area contributed by atoms with Crippen LogP contribution in [0.1, 0.15) is 22.3 Å². The third kappa shape index (κ3) is 2.49. The van der Waals surface area contributed by atoms with Gasteiger partial charge in [-0.25, -0.2) is 0 Å². The summed E-state index contributed by atoms with van der Waals surface area (Å²) in [7, 11) is 0. The molecule has 0 aromatic heterocycles. The third-order valence-corrected chi connectivity index (χ3v) is 4.12. The second-order valence-corrected chi connectivity index (χ2v) is 5.92. The van der Waals surface area contributed by atoms with Crippen molar-refractivity contribution in [3.05, 3.63) is 52.0 Å². The van der Waals surface area contributed by atoms with Crippen molar-refractivity contribution in [3.63, 3.8) is 0 Å². The number of nitrogens with zero attached hydrogens (tertiary/aromatic N) is 1. The van der Waals surface area contributed by atoms with Crippen molar-refractivity contribution >= 4 is 27.5 Å². The molecule has 1 aliphatic rings. The molecule has 1 aliphatic heterocycles. The lowest BCUT2D eigenvalue weighted by Crippen LogP contribution is -2.35. The van der Waals surface area contributed by atoms with Crippen LogP contribution in [0.4, 0.5) is 5.69 Å². The summed E-state index contributed by atoms with van der Waals surface area (Å²) in [6.07, 6.45) is 1.67. The van der Waals surface area contributed by atoms with Crippen LogP contribution in [0.3, 0.4) is 0 Å². The first kappa shape index (κ1) is 13.9. The van der Waals surface area contributed by atoms with Crippen molar-refractivity contribution in [1.82, 2.24) is 0 Å². The maximum atomic E-state index is 12.7. The summed E-state index contributed by atoms with van der Waals surface area (Å²) in [5.41, 5.74) is 1.73. The molecule has 21 heavy (non-hydrogen) atoms. The van der Waals surface area contributed by atoms with E-state index in [-0.39, 0.29) is 23.0 Å². The summed E-state index contributed by atoms with van der Waals surface area (Å²) in [4.78, 5) is 14.2. The van der Waals surface area contributed by atoms with Crippen LogP contribution in [0, 0.1) is 0 Å². The van der Waals surface area contributed by atoms with E-state index >= 15 is 0 Å². The number of aromatic hydroxyl groups is 2. The molecule has 0 radical (unpaired) electrons. The van der Waals surface area contributed by atoms with Gasteiger partial charge in [-0.1, -0.05) is 28.1 Å². The molecule has 0 spiro atoms. The Morgan fingerprint density at radius 2 is 1.95 bits per heavy atom. The third-order valence-electron chi connectivity index (χ3n) is 3.63. The fourth-order valence-corrected chi connectivity index (χ4v) is 3.01. The van der Waals surface area contributed by atoms with Gasteiger partial charge in [0.15, 0.2) is 0 Å². The standard InChI is InChI=1S/C16H14BrNO3/c17-11-6-7-12(14(20)9-11)16(21)18-8-2-4-10-3-1-5-13(19)15(10)18/h1,3,5-7,9,19-20H,2,4,8H2. The molecule has 0 unspecified atom stereocenters. The van der Waals surface area contributed by atoms with E-state index < -0.39 is 0 Å². The number of fused-ring (bicyclic) bond motifs is 1. The Bertz CT molecular complexity index is 715. The van der Waals surface area contributed by atoms with Crippen molar-refractivity contribution in [2.75, 3.05) is 11.4 Å². The first-order valence-electron chi connectivity index (χ1n) is 6.69. The molecule has 0 saturated carbocycles. The van der Waals surface area contributed by atoms with Crippen LogP contribution in [0.5, 0.6) is 11.5 Å². The summed E-state index contributed by atoms with van der Waals surface area (Å²) < 4.78 is 0.707. The highest BCUT2D eigenvalue weighted by Crippen LogP contribution is 2.37. The second-order valence-electron chi connectivity index (χ2n) is 5.01. The SMILES string of the molecule is O=C(c1ccc(Br)cc1O)N1CCCc2cccc(O)c21. The molecule has 2 aromatic carbocycles. The average molecular weight is 348 g/mol. The Kier molecular flexibility index (Phi) is 3.59. The van der Waals surface area contributed by atoms with E-state index in [1.165, 1.54) is 11.0 Å². The monoisotopic (exact) mass is 347 g/mol. The molecule has 0 saturated heterocycles. The highest BCUT2D eigenvalue weighted by atomic mass is 79.9. The number of anilines is 1. The Labute approximate surface area is 130 Å². The Hall–Kier alpha value is -2.01. The quantitative estimate of drug-likeness (QED) is 0.830. The fraction of sp³-hybridized carbons (Fsp3) is 0.188. The molecule has 0 fully saturated rings. The van der Waals surface area contributed by atoms with Gasteiger partial charge in [0.2, 0.25) is 0 Å². The molecular formula is C16H14BrNO3. The predicted molar refractivity (Wildman–Crippen MR) is 83.9 cm³/mol. The van der Waals surface area contributed by atoms with Crippen LogP contribution in [0.25, 0.3) is 0 Å². The zero-order valence-electron chi connectivity index (χ0n) is 11.2. The second kappa shape index (κ2) is 5.41. The highest BCUT2D eigenvalue weighted by Gasteiger charge is 2.27. The molecule has 4 nitrogen and oxygen atoms in total. The topological polar surface area (TPSA) is 60.8 Å². The Morgan fingerprint density at radius 3 is 2.71 bits per heavy atom. The number of phenols is 2. The minimum Gasteiger partial charge on any atom is -0.507 e. The van der Waals surface area contributed by atoms with E-state index in [1.807, 2.05) is 6.07 Å². The van der Waals surface area contributed by atoms with Gasteiger partial charge in [-0.15, -0.1) is 0 Å². The number of aryl methyl sites for hydroxylation is 1. The van der Waals surface area contributed by atoms with E-state index in [2.05, 4.69) is 15.9 Å². The van der Waals surface area contributed by atoms with Crippen molar-refractivity contribution in [2.24, 2.45) is 0 Å². The number of benzene rings is 2. The lowest BCUT2D eigenvalue weighted by molar-refractivity contribution is 0.0981. The molecule has 1 amide bonds. The molecule has 3 rings (SSSR count). The van der Waals surface area contributed by atoms with Gasteiger partial charge >= 0.3 is 0 Å². The van der Waals surface area contributed by atoms with Crippen LogP contribution in [-0.4, -0.2) is 22.7 Å². The number of halogens is 1. The van der Waals surface area contributed by atoms with Crippen LogP contribution >= 0.6 is 15.9 Å². The minimum atomic E-state index is -0.303. The van der Waals surface area contributed by atoms with Gasteiger partial charge in [0.05, 0.1) is 11.3 Å². The molecule has 0 bridgehead atoms. The minimum absolute atomic E-state index is 0.0723. The van der Waals surface area contributed by atoms with Crippen LogP contribution in [-0.2, 0) is 6.42 Å². The van der Waals surface area contributed by atoms with Gasteiger partial charge in [0.1, 0.15) is 11.5 Å². The van der Waals surface area contributed by atoms with Crippen molar-refractivity contribution in [2.45, 2.75) is 12.8 Å². The number of amides is 1. The maximum absolute atomic E-state index is 12.7. The Morgan fingerprint density at radius 1 is 1.14 bits per heavy atom. The molecule has 2 N–H and O–H groups in total. The first-order chi connectivity index (χ1) is 10.1. The highest BCUT2D eigenvalue weighted by molar-refractivity contribution is 9.10. The zero-order valence-corrected chi connectivity index (χ0v) is 12.8. The molecular weight excluding hydrogens is 334 g/mol. The van der Waals surface area contributed by atoms with E-state index in [0.717, 1.165) is 18.4 Å². The number of carbonyl (C=O) groups excluding carboxylic acids is 1. The number of rotatable bonds is 1. The maximum Gasteiger partial charge on any atom is 0.262 e. The van der Waals surface area contributed by atoms with Gasteiger partial charge in [-0.3, -0.25) is 4.79 Å². The number of hydrogen-bond acceptors (Lipinski definition) is 3. The molecule has 0 aliphatic carbocycles. The average Bonchev–Trinajstić information content (AvgIpc) is 2.46. The van der Waals surface area contributed by atoms with Crippen molar-refractivity contribution in [3.8, 4) is 11.5 Å². The van der Waals surface area contributed by atoms with Gasteiger partial charge in [0.25, 0.3) is 5.91 Å². The largest absolute Gasteiger partial charge is 0.507 e. The van der Waals surface area contributed by atoms with E-state index in [9.17, 15) is 15.0 Å². The van der Waals surface area contributed by atoms with E-state index in [4.69, 9.17) is 0 Å². The smallest absolute Gasteiger partial charge is 0.262 e. The summed E-state index contributed by atoms with van der Waals surface area (Å²) in [5.74, 6) is -0.281. The predicted octanol–water partition coefficient (Wildman–Crippen LogP) is 3.45. The molecule has 108 valence electrons. The summed E-state index contributed by atoms with van der Waals surface area (Å²) in [6, 6.07) is 10.0. The number of hydrogen-bond donors (Lipinski definition) is 2.